The van der Waals surface area contributed by atoms with Crippen molar-refractivity contribution in [3.63, 3.8) is 0 Å². The fourth-order valence-electron chi connectivity index (χ4n) is 1.93. The maximum Gasteiger partial charge on any atom is 0.251 e. The van der Waals surface area contributed by atoms with Crippen molar-refractivity contribution in [2.45, 2.75) is 13.5 Å². The predicted molar refractivity (Wildman–Crippen MR) is 80.6 cm³/mol. The summed E-state index contributed by atoms with van der Waals surface area (Å²) >= 11 is 0. The Balaban J connectivity index is 2.12. The molecule has 4 heteroatoms. The molecular formula is C17H16N2O2. The lowest BCUT2D eigenvalue weighted by Crippen LogP contribution is -2.23. The zero-order chi connectivity index (χ0) is 15.1. The van der Waals surface area contributed by atoms with Crippen LogP contribution in [-0.4, -0.2) is 22.6 Å². The van der Waals surface area contributed by atoms with Crippen molar-refractivity contribution >= 4 is 5.91 Å². The molecule has 0 fully saturated rings. The van der Waals surface area contributed by atoms with Crippen molar-refractivity contribution in [3.8, 4) is 11.8 Å². The van der Waals surface area contributed by atoms with E-state index < -0.39 is 0 Å². The fourth-order valence-corrected chi connectivity index (χ4v) is 1.93. The lowest BCUT2D eigenvalue weighted by Gasteiger charge is -2.09. The minimum Gasteiger partial charge on any atom is -0.384 e. The van der Waals surface area contributed by atoms with Crippen LogP contribution in [0, 0.1) is 18.8 Å². The summed E-state index contributed by atoms with van der Waals surface area (Å²) in [6, 6.07) is 9.11. The number of amides is 1. The molecule has 1 aromatic heterocycles. The second-order valence-electron chi connectivity index (χ2n) is 4.48. The van der Waals surface area contributed by atoms with E-state index in [4.69, 9.17) is 5.11 Å². The first-order chi connectivity index (χ1) is 10.2. The third-order valence-electron chi connectivity index (χ3n) is 3.06. The number of aliphatic hydroxyl groups excluding tert-OH is 1. The summed E-state index contributed by atoms with van der Waals surface area (Å²) < 4.78 is 0. The van der Waals surface area contributed by atoms with E-state index in [1.807, 2.05) is 25.1 Å². The Morgan fingerprint density at radius 1 is 1.33 bits per heavy atom. The largest absolute Gasteiger partial charge is 0.384 e. The number of aromatic nitrogens is 1. The highest BCUT2D eigenvalue weighted by molar-refractivity contribution is 5.96. The standard InChI is InChI=1S/C17H16N2O2/c1-13-15(7-4-10-20)6-2-8-16(13)17(21)19-12-14-5-3-9-18-11-14/h2-3,5-6,8-9,11,20H,10,12H2,1H3,(H,19,21). The van der Waals surface area contributed by atoms with Gasteiger partial charge in [0.05, 0.1) is 0 Å². The molecule has 0 saturated heterocycles. The third-order valence-corrected chi connectivity index (χ3v) is 3.06. The molecule has 0 bridgehead atoms. The predicted octanol–water partition coefficient (Wildman–Crippen LogP) is 1.66. The molecule has 0 spiro atoms. The van der Waals surface area contributed by atoms with Crippen LogP contribution < -0.4 is 5.32 Å². The van der Waals surface area contributed by atoms with Gasteiger partial charge in [-0.2, -0.15) is 0 Å². The second kappa shape index (κ2) is 7.22. The summed E-state index contributed by atoms with van der Waals surface area (Å²) in [7, 11) is 0. The summed E-state index contributed by atoms with van der Waals surface area (Å²) in [5.41, 5.74) is 3.09. The average Bonchev–Trinajstić information content (AvgIpc) is 2.52. The van der Waals surface area contributed by atoms with Crippen LogP contribution in [0.3, 0.4) is 0 Å². The highest BCUT2D eigenvalue weighted by Crippen LogP contribution is 2.13. The first kappa shape index (κ1) is 14.8. The quantitative estimate of drug-likeness (QED) is 0.841. The van der Waals surface area contributed by atoms with E-state index in [0.29, 0.717) is 12.1 Å². The second-order valence-corrected chi connectivity index (χ2v) is 4.48. The third kappa shape index (κ3) is 3.91. The molecular weight excluding hydrogens is 264 g/mol. The zero-order valence-electron chi connectivity index (χ0n) is 11.8. The lowest BCUT2D eigenvalue weighted by molar-refractivity contribution is 0.0950. The van der Waals surface area contributed by atoms with Gasteiger partial charge in [-0.25, -0.2) is 0 Å². The molecule has 0 aliphatic rings. The van der Waals surface area contributed by atoms with Gasteiger partial charge in [0, 0.05) is 30.1 Å². The van der Waals surface area contributed by atoms with Crippen LogP contribution >= 0.6 is 0 Å². The minimum absolute atomic E-state index is 0.149. The van der Waals surface area contributed by atoms with Gasteiger partial charge < -0.3 is 10.4 Å². The number of hydrogen-bond acceptors (Lipinski definition) is 3. The van der Waals surface area contributed by atoms with Crippen molar-refractivity contribution in [1.82, 2.24) is 10.3 Å². The minimum atomic E-state index is -0.198. The van der Waals surface area contributed by atoms with Gasteiger partial charge in [0.25, 0.3) is 5.91 Å². The number of aliphatic hydroxyl groups is 1. The van der Waals surface area contributed by atoms with Crippen LogP contribution in [0.5, 0.6) is 0 Å². The van der Waals surface area contributed by atoms with Crippen molar-refractivity contribution in [1.29, 1.82) is 0 Å². The van der Waals surface area contributed by atoms with Gasteiger partial charge in [0.1, 0.15) is 6.61 Å². The van der Waals surface area contributed by atoms with E-state index in [-0.39, 0.29) is 12.5 Å². The number of nitrogens with zero attached hydrogens (tertiary/aromatic N) is 1. The van der Waals surface area contributed by atoms with Crippen LogP contribution in [-0.2, 0) is 6.54 Å². The number of carbonyl (C=O) groups excluding carboxylic acids is 1. The first-order valence-corrected chi connectivity index (χ1v) is 6.59. The van der Waals surface area contributed by atoms with Gasteiger partial charge in [0.2, 0.25) is 0 Å². The fraction of sp³-hybridized carbons (Fsp3) is 0.176. The van der Waals surface area contributed by atoms with Crippen molar-refractivity contribution < 1.29 is 9.90 Å². The van der Waals surface area contributed by atoms with Gasteiger partial charge >= 0.3 is 0 Å². The molecule has 4 nitrogen and oxygen atoms in total. The van der Waals surface area contributed by atoms with Gasteiger partial charge in [-0.15, -0.1) is 0 Å². The molecule has 2 rings (SSSR count). The van der Waals surface area contributed by atoms with E-state index >= 15 is 0 Å². The Bertz CT molecular complexity index is 685. The molecule has 1 amide bonds. The molecule has 0 unspecified atom stereocenters. The van der Waals surface area contributed by atoms with E-state index in [2.05, 4.69) is 22.1 Å². The van der Waals surface area contributed by atoms with E-state index in [1.54, 1.807) is 24.5 Å². The summed E-state index contributed by atoms with van der Waals surface area (Å²) in [6.07, 6.45) is 3.41. The molecule has 0 radical (unpaired) electrons. The first-order valence-electron chi connectivity index (χ1n) is 6.59. The summed E-state index contributed by atoms with van der Waals surface area (Å²) in [5.74, 6) is 5.29. The number of pyridine rings is 1. The maximum atomic E-state index is 12.2. The molecule has 2 N–H and O–H groups in total. The van der Waals surface area contributed by atoms with Crippen LogP contribution in [0.2, 0.25) is 0 Å². The molecule has 0 atom stereocenters. The maximum absolute atomic E-state index is 12.2. The molecule has 1 heterocycles. The molecule has 21 heavy (non-hydrogen) atoms. The SMILES string of the molecule is Cc1c(C#CCO)cccc1C(=O)NCc1cccnc1. The van der Waals surface area contributed by atoms with Crippen LogP contribution in [0.15, 0.2) is 42.7 Å². The van der Waals surface area contributed by atoms with Gasteiger partial charge in [-0.05, 0) is 36.2 Å². The Labute approximate surface area is 123 Å². The van der Waals surface area contributed by atoms with Crippen LogP contribution in [0.1, 0.15) is 27.0 Å². The molecule has 0 aliphatic carbocycles. The number of nitrogens with one attached hydrogen (secondary N) is 1. The smallest absolute Gasteiger partial charge is 0.251 e. The monoisotopic (exact) mass is 280 g/mol. The molecule has 0 aliphatic heterocycles. The van der Waals surface area contributed by atoms with Crippen molar-refractivity contribution in [3.05, 3.63) is 65.0 Å². The Kier molecular flexibility index (Phi) is 5.08. The molecule has 0 saturated carbocycles. The normalized spacial score (nSPS) is 9.62. The van der Waals surface area contributed by atoms with E-state index in [1.165, 1.54) is 0 Å². The van der Waals surface area contributed by atoms with Gasteiger partial charge in [-0.3, -0.25) is 9.78 Å². The lowest BCUT2D eigenvalue weighted by atomic mass is 10.0. The van der Waals surface area contributed by atoms with Crippen molar-refractivity contribution in [2.24, 2.45) is 0 Å². The average molecular weight is 280 g/mol. The number of rotatable bonds is 3. The number of carbonyl (C=O) groups is 1. The summed E-state index contributed by atoms with van der Waals surface area (Å²) in [5, 5.41) is 11.6. The summed E-state index contributed by atoms with van der Waals surface area (Å²) in [6.45, 7) is 2.08. The van der Waals surface area contributed by atoms with Crippen LogP contribution in [0.25, 0.3) is 0 Å². The molecule has 1 aromatic carbocycles. The highest BCUT2D eigenvalue weighted by Gasteiger charge is 2.10. The topological polar surface area (TPSA) is 62.2 Å². The van der Waals surface area contributed by atoms with Gasteiger partial charge in [-0.1, -0.05) is 24.0 Å². The van der Waals surface area contributed by atoms with Crippen molar-refractivity contribution in [2.75, 3.05) is 6.61 Å². The Hall–Kier alpha value is -2.64. The number of benzene rings is 1. The van der Waals surface area contributed by atoms with E-state index in [9.17, 15) is 4.79 Å². The van der Waals surface area contributed by atoms with Gasteiger partial charge in [0.15, 0.2) is 0 Å². The molecule has 2 aromatic rings. The Morgan fingerprint density at radius 2 is 2.19 bits per heavy atom. The zero-order valence-corrected chi connectivity index (χ0v) is 11.8. The van der Waals surface area contributed by atoms with Crippen LogP contribution in [0.4, 0.5) is 0 Å². The Morgan fingerprint density at radius 3 is 2.90 bits per heavy atom. The van der Waals surface area contributed by atoms with E-state index in [0.717, 1.165) is 16.7 Å². The summed E-state index contributed by atoms with van der Waals surface area (Å²) in [4.78, 5) is 16.2. The number of hydrogen-bond donors (Lipinski definition) is 2. The molecule has 106 valence electrons. The highest BCUT2D eigenvalue weighted by atomic mass is 16.2.